The summed E-state index contributed by atoms with van der Waals surface area (Å²) in [5, 5.41) is 5.39. The number of rotatable bonds is 9. The van der Waals surface area contributed by atoms with Crippen molar-refractivity contribution >= 4 is 23.2 Å². The van der Waals surface area contributed by atoms with Gasteiger partial charge in [0.1, 0.15) is 23.9 Å². The van der Waals surface area contributed by atoms with Crippen molar-refractivity contribution in [1.82, 2.24) is 0 Å². The number of ether oxygens (including phenoxy) is 3. The fourth-order valence-electron chi connectivity index (χ4n) is 2.79. The predicted octanol–water partition coefficient (Wildman–Crippen LogP) is 4.25. The summed E-state index contributed by atoms with van der Waals surface area (Å²) >= 11 is 0. The number of hydrogen-bond donors (Lipinski definition) is 2. The molecule has 0 atom stereocenters. The highest BCUT2D eigenvalue weighted by molar-refractivity contribution is 5.95. The van der Waals surface area contributed by atoms with E-state index in [1.54, 1.807) is 42.5 Å². The third kappa shape index (κ3) is 6.78. The first-order chi connectivity index (χ1) is 15.0. The topological polar surface area (TPSA) is 85.9 Å². The molecule has 7 nitrogen and oxygen atoms in total. The van der Waals surface area contributed by atoms with Crippen molar-refractivity contribution in [2.45, 2.75) is 13.5 Å². The summed E-state index contributed by atoms with van der Waals surface area (Å²) in [5.41, 5.74) is 2.07. The minimum Gasteiger partial charge on any atom is -0.495 e. The molecule has 0 fully saturated rings. The normalized spacial score (nSPS) is 10.1. The van der Waals surface area contributed by atoms with Crippen molar-refractivity contribution in [3.05, 3.63) is 78.4 Å². The molecule has 31 heavy (non-hydrogen) atoms. The van der Waals surface area contributed by atoms with E-state index in [-0.39, 0.29) is 18.4 Å². The Hall–Kier alpha value is -4.00. The molecule has 0 aromatic heterocycles. The lowest BCUT2D eigenvalue weighted by molar-refractivity contribution is -0.118. The predicted molar refractivity (Wildman–Crippen MR) is 119 cm³/mol. The molecule has 0 heterocycles. The Morgan fingerprint density at radius 1 is 0.839 bits per heavy atom. The van der Waals surface area contributed by atoms with Crippen LogP contribution in [0.4, 0.5) is 11.4 Å². The zero-order valence-electron chi connectivity index (χ0n) is 17.4. The second-order valence-corrected chi connectivity index (χ2v) is 6.68. The molecule has 7 heteroatoms. The van der Waals surface area contributed by atoms with Gasteiger partial charge in [0.05, 0.1) is 12.8 Å². The van der Waals surface area contributed by atoms with Gasteiger partial charge in [-0.1, -0.05) is 30.3 Å². The molecule has 0 bridgehead atoms. The van der Waals surface area contributed by atoms with Crippen LogP contribution in [0.3, 0.4) is 0 Å². The van der Waals surface area contributed by atoms with Gasteiger partial charge in [0.2, 0.25) is 5.91 Å². The maximum atomic E-state index is 12.3. The van der Waals surface area contributed by atoms with Crippen molar-refractivity contribution in [1.29, 1.82) is 0 Å². The SMILES string of the molecule is COc1ccc(NC(C)=O)cc1NC(=O)COc1ccc(OCc2ccccc2)cc1. The molecule has 0 spiro atoms. The van der Waals surface area contributed by atoms with Crippen molar-refractivity contribution in [2.24, 2.45) is 0 Å². The van der Waals surface area contributed by atoms with E-state index in [2.05, 4.69) is 10.6 Å². The van der Waals surface area contributed by atoms with Crippen LogP contribution in [0.25, 0.3) is 0 Å². The average molecular weight is 420 g/mol. The smallest absolute Gasteiger partial charge is 0.262 e. The summed E-state index contributed by atoms with van der Waals surface area (Å²) in [4.78, 5) is 23.5. The van der Waals surface area contributed by atoms with Crippen LogP contribution < -0.4 is 24.8 Å². The molecule has 0 unspecified atom stereocenters. The standard InChI is InChI=1S/C24H24N2O5/c1-17(27)25-19-8-13-23(29-2)22(14-19)26-24(28)16-31-21-11-9-20(10-12-21)30-15-18-6-4-3-5-7-18/h3-14H,15-16H2,1-2H3,(H,25,27)(H,26,28). The Balaban J connectivity index is 1.52. The number of carbonyl (C=O) groups excluding carboxylic acids is 2. The highest BCUT2D eigenvalue weighted by Crippen LogP contribution is 2.28. The van der Waals surface area contributed by atoms with Gasteiger partial charge in [0.25, 0.3) is 5.91 Å². The van der Waals surface area contributed by atoms with Gasteiger partial charge in [-0.2, -0.15) is 0 Å². The van der Waals surface area contributed by atoms with Crippen molar-refractivity contribution in [3.8, 4) is 17.2 Å². The highest BCUT2D eigenvalue weighted by atomic mass is 16.5. The Kier molecular flexibility index (Phi) is 7.48. The number of carbonyl (C=O) groups is 2. The lowest BCUT2D eigenvalue weighted by Crippen LogP contribution is -2.20. The van der Waals surface area contributed by atoms with Gasteiger partial charge < -0.3 is 24.8 Å². The summed E-state index contributed by atoms with van der Waals surface area (Å²) in [5.74, 6) is 1.16. The summed E-state index contributed by atoms with van der Waals surface area (Å²) in [6.07, 6.45) is 0. The summed E-state index contributed by atoms with van der Waals surface area (Å²) < 4.78 is 16.5. The second-order valence-electron chi connectivity index (χ2n) is 6.68. The number of benzene rings is 3. The first kappa shape index (κ1) is 21.7. The molecule has 0 aliphatic rings. The number of amides is 2. The molecular formula is C24H24N2O5. The second kappa shape index (κ2) is 10.7. The molecule has 0 saturated heterocycles. The van der Waals surface area contributed by atoms with Gasteiger partial charge in [-0.05, 0) is 48.0 Å². The molecule has 0 saturated carbocycles. The number of hydrogen-bond acceptors (Lipinski definition) is 5. The zero-order chi connectivity index (χ0) is 22.1. The molecule has 0 radical (unpaired) electrons. The van der Waals surface area contributed by atoms with E-state index in [0.717, 1.165) is 5.56 Å². The van der Waals surface area contributed by atoms with Crippen LogP contribution >= 0.6 is 0 Å². The minimum atomic E-state index is -0.359. The zero-order valence-corrected chi connectivity index (χ0v) is 17.4. The monoisotopic (exact) mass is 420 g/mol. The number of nitrogens with one attached hydrogen (secondary N) is 2. The summed E-state index contributed by atoms with van der Waals surface area (Å²) in [7, 11) is 1.50. The van der Waals surface area contributed by atoms with Gasteiger partial charge in [0.15, 0.2) is 6.61 Å². The van der Waals surface area contributed by atoms with Crippen molar-refractivity contribution < 1.29 is 23.8 Å². The number of methoxy groups -OCH3 is 1. The average Bonchev–Trinajstić information content (AvgIpc) is 2.77. The third-order valence-corrected chi connectivity index (χ3v) is 4.24. The van der Waals surface area contributed by atoms with Gasteiger partial charge in [-0.3, -0.25) is 9.59 Å². The van der Waals surface area contributed by atoms with Crippen LogP contribution in [0.5, 0.6) is 17.2 Å². The Bertz CT molecular complexity index is 1020. The fraction of sp³-hybridized carbons (Fsp3) is 0.167. The Labute approximate surface area is 180 Å². The van der Waals surface area contributed by atoms with E-state index in [1.807, 2.05) is 30.3 Å². The van der Waals surface area contributed by atoms with E-state index in [1.165, 1.54) is 14.0 Å². The van der Waals surface area contributed by atoms with Crippen LogP contribution in [-0.2, 0) is 16.2 Å². The van der Waals surface area contributed by atoms with Gasteiger partial charge in [-0.25, -0.2) is 0 Å². The van der Waals surface area contributed by atoms with Crippen LogP contribution in [0.2, 0.25) is 0 Å². The van der Waals surface area contributed by atoms with Gasteiger partial charge in [0, 0.05) is 12.6 Å². The quantitative estimate of drug-likeness (QED) is 0.541. The summed E-state index contributed by atoms with van der Waals surface area (Å²) in [6.45, 7) is 1.70. The molecule has 0 aliphatic carbocycles. The Morgan fingerprint density at radius 3 is 2.16 bits per heavy atom. The molecule has 3 rings (SSSR count). The number of anilines is 2. The van der Waals surface area contributed by atoms with Crippen LogP contribution in [-0.4, -0.2) is 25.5 Å². The van der Waals surface area contributed by atoms with E-state index < -0.39 is 0 Å². The fourth-order valence-corrected chi connectivity index (χ4v) is 2.79. The van der Waals surface area contributed by atoms with E-state index >= 15 is 0 Å². The molecular weight excluding hydrogens is 396 g/mol. The molecule has 2 amide bonds. The molecule has 3 aromatic carbocycles. The largest absolute Gasteiger partial charge is 0.495 e. The lowest BCUT2D eigenvalue weighted by Gasteiger charge is -2.13. The van der Waals surface area contributed by atoms with Crippen molar-refractivity contribution in [2.75, 3.05) is 24.4 Å². The van der Waals surface area contributed by atoms with Crippen molar-refractivity contribution in [3.63, 3.8) is 0 Å². The van der Waals surface area contributed by atoms with Crippen LogP contribution in [0.15, 0.2) is 72.8 Å². The maximum Gasteiger partial charge on any atom is 0.262 e. The minimum absolute atomic E-state index is 0.183. The van der Waals surface area contributed by atoms with Crippen LogP contribution in [0.1, 0.15) is 12.5 Å². The van der Waals surface area contributed by atoms with Gasteiger partial charge in [-0.15, -0.1) is 0 Å². The molecule has 160 valence electrons. The molecule has 0 aliphatic heterocycles. The first-order valence-corrected chi connectivity index (χ1v) is 9.68. The Morgan fingerprint density at radius 2 is 1.52 bits per heavy atom. The highest BCUT2D eigenvalue weighted by Gasteiger charge is 2.10. The van der Waals surface area contributed by atoms with Gasteiger partial charge >= 0.3 is 0 Å². The lowest BCUT2D eigenvalue weighted by atomic mass is 10.2. The maximum absolute atomic E-state index is 12.3. The van der Waals surface area contributed by atoms with Crippen LogP contribution in [0, 0.1) is 0 Å². The van der Waals surface area contributed by atoms with E-state index in [0.29, 0.717) is 35.2 Å². The molecule has 3 aromatic rings. The molecule has 2 N–H and O–H groups in total. The summed E-state index contributed by atoms with van der Waals surface area (Å²) in [6, 6.07) is 21.9. The first-order valence-electron chi connectivity index (χ1n) is 9.68. The van der Waals surface area contributed by atoms with E-state index in [9.17, 15) is 9.59 Å². The third-order valence-electron chi connectivity index (χ3n) is 4.24. The van der Waals surface area contributed by atoms with E-state index in [4.69, 9.17) is 14.2 Å².